The van der Waals surface area contributed by atoms with Gasteiger partial charge in [-0.15, -0.1) is 0 Å². The van der Waals surface area contributed by atoms with Crippen molar-refractivity contribution in [2.45, 2.75) is 118 Å². The molecule has 1 aliphatic carbocycles. The van der Waals surface area contributed by atoms with Crippen LogP contribution in [0.5, 0.6) is 0 Å². The minimum absolute atomic E-state index is 0.0973. The molecule has 3 N–H and O–H groups in total. The van der Waals surface area contributed by atoms with Crippen LogP contribution >= 0.6 is 0 Å². The number of aliphatic hydroxyl groups excluding tert-OH is 2. The molecule has 4 heteroatoms. The molecule has 34 heavy (non-hydrogen) atoms. The molecular formula is C30H50O4. The van der Waals surface area contributed by atoms with Crippen LogP contribution in [0.15, 0.2) is 46.1 Å². The van der Waals surface area contributed by atoms with Gasteiger partial charge in [0.1, 0.15) is 6.29 Å². The summed E-state index contributed by atoms with van der Waals surface area (Å²) in [6.07, 6.45) is 14.1. The summed E-state index contributed by atoms with van der Waals surface area (Å²) in [7, 11) is 0. The molecule has 0 amide bonds. The quantitative estimate of drug-likeness (QED) is 0.159. The highest BCUT2D eigenvalue weighted by molar-refractivity contribution is 5.74. The van der Waals surface area contributed by atoms with Crippen LogP contribution in [-0.4, -0.2) is 39.9 Å². The van der Waals surface area contributed by atoms with E-state index in [-0.39, 0.29) is 17.9 Å². The molecule has 0 saturated heterocycles. The molecule has 1 saturated carbocycles. The Bertz CT molecular complexity index is 780. The van der Waals surface area contributed by atoms with E-state index >= 15 is 0 Å². The highest BCUT2D eigenvalue weighted by atomic mass is 16.3. The van der Waals surface area contributed by atoms with E-state index in [0.29, 0.717) is 19.3 Å². The summed E-state index contributed by atoms with van der Waals surface area (Å²) in [6, 6.07) is 0. The Labute approximate surface area is 208 Å². The van der Waals surface area contributed by atoms with E-state index in [1.54, 1.807) is 0 Å². The molecule has 4 nitrogen and oxygen atoms in total. The fourth-order valence-corrected chi connectivity index (χ4v) is 5.50. The van der Waals surface area contributed by atoms with Crippen LogP contribution in [0.1, 0.15) is 106 Å². The van der Waals surface area contributed by atoms with Crippen molar-refractivity contribution >= 4 is 6.29 Å². The van der Waals surface area contributed by atoms with Crippen molar-refractivity contribution in [3.05, 3.63) is 46.1 Å². The summed E-state index contributed by atoms with van der Waals surface area (Å²) >= 11 is 0. The van der Waals surface area contributed by atoms with E-state index in [1.165, 1.54) is 11.1 Å². The van der Waals surface area contributed by atoms with Gasteiger partial charge in [-0.1, -0.05) is 47.4 Å². The molecule has 1 rings (SSSR count). The molecule has 0 heterocycles. The van der Waals surface area contributed by atoms with Crippen LogP contribution in [0, 0.1) is 11.3 Å². The topological polar surface area (TPSA) is 77.8 Å². The molecule has 4 atom stereocenters. The second kappa shape index (κ2) is 14.2. The van der Waals surface area contributed by atoms with Crippen LogP contribution < -0.4 is 0 Å². The van der Waals surface area contributed by atoms with Gasteiger partial charge >= 0.3 is 0 Å². The second-order valence-electron chi connectivity index (χ2n) is 11.1. The number of aldehydes is 1. The first kappa shape index (κ1) is 30.5. The van der Waals surface area contributed by atoms with E-state index in [4.69, 9.17) is 0 Å². The molecule has 1 aliphatic rings. The molecular weight excluding hydrogens is 424 g/mol. The first-order valence-electron chi connectivity index (χ1n) is 13.0. The van der Waals surface area contributed by atoms with Crippen LogP contribution in [0.25, 0.3) is 0 Å². The van der Waals surface area contributed by atoms with Crippen molar-refractivity contribution in [2.75, 3.05) is 6.61 Å². The van der Waals surface area contributed by atoms with Gasteiger partial charge < -0.3 is 15.3 Å². The van der Waals surface area contributed by atoms with E-state index in [9.17, 15) is 20.1 Å². The normalized spacial score (nSPS) is 28.5. The number of rotatable bonds is 13. The average molecular weight is 475 g/mol. The predicted molar refractivity (Wildman–Crippen MR) is 143 cm³/mol. The summed E-state index contributed by atoms with van der Waals surface area (Å²) in [6.45, 7) is 14.4. The van der Waals surface area contributed by atoms with Crippen molar-refractivity contribution in [2.24, 2.45) is 11.3 Å². The van der Waals surface area contributed by atoms with Gasteiger partial charge in [0.2, 0.25) is 0 Å². The van der Waals surface area contributed by atoms with Crippen molar-refractivity contribution < 1.29 is 20.1 Å². The lowest BCUT2D eigenvalue weighted by Gasteiger charge is -2.53. The van der Waals surface area contributed by atoms with Gasteiger partial charge in [0.25, 0.3) is 0 Å². The third-order valence-electron chi connectivity index (χ3n) is 7.88. The van der Waals surface area contributed by atoms with Gasteiger partial charge in [0, 0.05) is 12.0 Å². The third kappa shape index (κ3) is 8.94. The first-order chi connectivity index (χ1) is 15.9. The Hall–Kier alpha value is -1.49. The lowest BCUT2D eigenvalue weighted by Crippen LogP contribution is -2.52. The first-order valence-corrected chi connectivity index (χ1v) is 13.0. The van der Waals surface area contributed by atoms with E-state index in [0.717, 1.165) is 61.5 Å². The lowest BCUT2D eigenvalue weighted by molar-refractivity contribution is -0.115. The van der Waals surface area contributed by atoms with Crippen LogP contribution in [0.3, 0.4) is 0 Å². The number of carbonyl (C=O) groups excluding carboxylic acids is 1. The number of aliphatic hydroxyl groups is 3. The van der Waals surface area contributed by atoms with Gasteiger partial charge in [0.05, 0.1) is 11.7 Å². The van der Waals surface area contributed by atoms with E-state index in [2.05, 4.69) is 32.9 Å². The molecule has 0 aromatic carbocycles. The second-order valence-corrected chi connectivity index (χ2v) is 11.1. The maximum atomic E-state index is 11.6. The molecule has 0 aromatic rings. The zero-order valence-electron chi connectivity index (χ0n) is 22.8. The average Bonchev–Trinajstić information content (AvgIpc) is 2.73. The van der Waals surface area contributed by atoms with Gasteiger partial charge in [-0.25, -0.2) is 0 Å². The van der Waals surface area contributed by atoms with Crippen molar-refractivity contribution in [3.8, 4) is 0 Å². The summed E-state index contributed by atoms with van der Waals surface area (Å²) in [4.78, 5) is 11.6. The summed E-state index contributed by atoms with van der Waals surface area (Å²) in [5.41, 5.74) is 4.46. The molecule has 0 aromatic heterocycles. The molecule has 0 radical (unpaired) electrons. The van der Waals surface area contributed by atoms with Crippen LogP contribution in [0.2, 0.25) is 0 Å². The standard InChI is InChI=1S/C30H50O4/c1-22(2)19-26(33)20-24(4)12-8-11-23(3)13-9-16-29(6)28(14-10-18-31)27(25(5)21-32)15-17-30(29,7)34/h12-13,19,21,26,28,31,33-34H,8-11,14-18,20H2,1-7H3/b23-13+,24-12+,27-25-. The Kier molecular flexibility index (Phi) is 12.7. The van der Waals surface area contributed by atoms with Gasteiger partial charge in [-0.3, -0.25) is 4.79 Å². The molecule has 0 aliphatic heterocycles. The largest absolute Gasteiger partial charge is 0.396 e. The number of carbonyl (C=O) groups is 1. The van der Waals surface area contributed by atoms with Crippen LogP contribution in [-0.2, 0) is 4.79 Å². The fraction of sp³-hybridized carbons (Fsp3) is 0.700. The smallest absolute Gasteiger partial charge is 0.145 e. The fourth-order valence-electron chi connectivity index (χ4n) is 5.50. The van der Waals surface area contributed by atoms with Crippen LogP contribution in [0.4, 0.5) is 0 Å². The Morgan fingerprint density at radius 1 is 1.09 bits per heavy atom. The summed E-state index contributed by atoms with van der Waals surface area (Å²) < 4.78 is 0. The minimum atomic E-state index is -0.812. The number of hydrogen-bond donors (Lipinski definition) is 3. The van der Waals surface area contributed by atoms with E-state index < -0.39 is 11.7 Å². The summed E-state index contributed by atoms with van der Waals surface area (Å²) in [5.74, 6) is 0.0973. The Balaban J connectivity index is 2.85. The van der Waals surface area contributed by atoms with Crippen molar-refractivity contribution in [1.82, 2.24) is 0 Å². The number of hydrogen-bond acceptors (Lipinski definition) is 4. The Morgan fingerprint density at radius 2 is 1.74 bits per heavy atom. The number of allylic oxidation sites excluding steroid dienone is 6. The molecule has 194 valence electrons. The zero-order valence-corrected chi connectivity index (χ0v) is 22.8. The zero-order chi connectivity index (χ0) is 25.9. The molecule has 0 spiro atoms. The van der Waals surface area contributed by atoms with Gasteiger partial charge in [0.15, 0.2) is 0 Å². The minimum Gasteiger partial charge on any atom is -0.396 e. The maximum absolute atomic E-state index is 11.6. The predicted octanol–water partition coefficient (Wildman–Crippen LogP) is 6.61. The third-order valence-corrected chi connectivity index (χ3v) is 7.88. The molecule has 4 unspecified atom stereocenters. The summed E-state index contributed by atoms with van der Waals surface area (Å²) in [5, 5.41) is 30.9. The van der Waals surface area contributed by atoms with Gasteiger partial charge in [-0.05, 0) is 111 Å². The highest BCUT2D eigenvalue weighted by Gasteiger charge is 2.51. The SMILES string of the molecule is CC(C)=CC(O)C/C(C)=C/CC/C(C)=C/CCC1(C)C(CCCO)/C(=C(/C)C=O)CCC1(C)O. The highest BCUT2D eigenvalue weighted by Crippen LogP contribution is 2.55. The molecule has 1 fully saturated rings. The maximum Gasteiger partial charge on any atom is 0.145 e. The lowest BCUT2D eigenvalue weighted by atomic mass is 9.54. The van der Waals surface area contributed by atoms with Gasteiger partial charge in [-0.2, -0.15) is 0 Å². The monoisotopic (exact) mass is 474 g/mol. The van der Waals surface area contributed by atoms with Crippen molar-refractivity contribution in [1.29, 1.82) is 0 Å². The van der Waals surface area contributed by atoms with Crippen molar-refractivity contribution in [3.63, 3.8) is 0 Å². The van der Waals surface area contributed by atoms with E-state index in [1.807, 2.05) is 33.8 Å². The molecule has 0 bridgehead atoms. The Morgan fingerprint density at radius 3 is 2.32 bits per heavy atom.